The van der Waals surface area contributed by atoms with Gasteiger partial charge in [-0.3, -0.25) is 14.4 Å². The smallest absolute Gasteiger partial charge is 0.243 e. The number of carbonyl (C=O) groups is 3. The van der Waals surface area contributed by atoms with Gasteiger partial charge in [-0.15, -0.1) is 0 Å². The molecule has 0 bridgehead atoms. The van der Waals surface area contributed by atoms with Crippen molar-refractivity contribution in [3.63, 3.8) is 0 Å². The molecule has 3 N–H and O–H groups in total. The van der Waals surface area contributed by atoms with Crippen molar-refractivity contribution in [2.45, 2.75) is 50.1 Å². The summed E-state index contributed by atoms with van der Waals surface area (Å²) in [4.78, 5) is 36.0. The van der Waals surface area contributed by atoms with E-state index in [9.17, 15) is 22.8 Å². The van der Waals surface area contributed by atoms with Gasteiger partial charge in [0.05, 0.1) is 12.0 Å². The maximum Gasteiger partial charge on any atom is 0.243 e. The van der Waals surface area contributed by atoms with Gasteiger partial charge in [-0.25, -0.2) is 8.42 Å². The SMILES string of the molecule is COc1ccc(C[C@@H](NC(C)=O)C(=O)NC2CCN(S(=O)(=O)c3ccc(NC(C)=O)cc3)CC2)cc1. The monoisotopic (exact) mass is 516 g/mol. The number of nitrogens with one attached hydrogen (secondary N) is 3. The molecule has 0 radical (unpaired) electrons. The van der Waals surface area contributed by atoms with E-state index >= 15 is 0 Å². The second kappa shape index (κ2) is 12.0. The number of anilines is 1. The second-order valence-electron chi connectivity index (χ2n) is 8.70. The van der Waals surface area contributed by atoms with Crippen molar-refractivity contribution in [3.05, 3.63) is 54.1 Å². The number of amides is 3. The van der Waals surface area contributed by atoms with Crippen LogP contribution in [0.1, 0.15) is 32.3 Å². The first-order valence-electron chi connectivity index (χ1n) is 11.7. The first-order valence-corrected chi connectivity index (χ1v) is 13.1. The van der Waals surface area contributed by atoms with Crippen molar-refractivity contribution < 1.29 is 27.5 Å². The number of nitrogens with zero attached hydrogens (tertiary/aromatic N) is 1. The maximum atomic E-state index is 13.0. The molecule has 2 aromatic rings. The fourth-order valence-corrected chi connectivity index (χ4v) is 5.53. The molecule has 0 unspecified atom stereocenters. The quantitative estimate of drug-likeness (QED) is 0.464. The summed E-state index contributed by atoms with van der Waals surface area (Å²) < 4.78 is 32.6. The van der Waals surface area contributed by atoms with E-state index < -0.39 is 16.1 Å². The first-order chi connectivity index (χ1) is 17.1. The van der Waals surface area contributed by atoms with Gasteiger partial charge >= 0.3 is 0 Å². The van der Waals surface area contributed by atoms with Crippen molar-refractivity contribution in [1.82, 2.24) is 14.9 Å². The van der Waals surface area contributed by atoms with Crippen LogP contribution in [0.2, 0.25) is 0 Å². The summed E-state index contributed by atoms with van der Waals surface area (Å²) in [6.07, 6.45) is 1.21. The zero-order chi connectivity index (χ0) is 26.3. The minimum atomic E-state index is -3.70. The van der Waals surface area contributed by atoms with Crippen molar-refractivity contribution in [2.75, 3.05) is 25.5 Å². The molecule has 11 heteroatoms. The highest BCUT2D eigenvalue weighted by Crippen LogP contribution is 2.22. The summed E-state index contributed by atoms with van der Waals surface area (Å²) in [6, 6.07) is 12.3. The first kappa shape index (κ1) is 27.2. The summed E-state index contributed by atoms with van der Waals surface area (Å²) in [5, 5.41) is 8.28. The lowest BCUT2D eigenvalue weighted by Crippen LogP contribution is -2.53. The van der Waals surface area contributed by atoms with Gasteiger partial charge in [-0.05, 0) is 54.8 Å². The number of sulfonamides is 1. The van der Waals surface area contributed by atoms with E-state index in [1.165, 1.54) is 30.3 Å². The van der Waals surface area contributed by atoms with Crippen LogP contribution in [0.5, 0.6) is 5.75 Å². The summed E-state index contributed by atoms with van der Waals surface area (Å²) in [5.41, 5.74) is 1.39. The van der Waals surface area contributed by atoms with Crippen molar-refractivity contribution in [2.24, 2.45) is 0 Å². The summed E-state index contributed by atoms with van der Waals surface area (Å²) in [6.45, 7) is 3.25. The molecule has 36 heavy (non-hydrogen) atoms. The number of ether oxygens (including phenoxy) is 1. The number of benzene rings is 2. The fraction of sp³-hybridized carbons (Fsp3) is 0.400. The third-order valence-corrected chi connectivity index (χ3v) is 7.82. The Morgan fingerprint density at radius 2 is 1.58 bits per heavy atom. The minimum absolute atomic E-state index is 0.143. The van der Waals surface area contributed by atoms with Crippen LogP contribution >= 0.6 is 0 Å². The average Bonchev–Trinajstić information content (AvgIpc) is 2.84. The molecule has 194 valence electrons. The Bertz CT molecular complexity index is 1170. The molecule has 1 heterocycles. The third kappa shape index (κ3) is 7.28. The topological polar surface area (TPSA) is 134 Å². The molecule has 1 saturated heterocycles. The third-order valence-electron chi connectivity index (χ3n) is 5.91. The Morgan fingerprint density at radius 1 is 0.972 bits per heavy atom. The van der Waals surface area contributed by atoms with E-state index in [0.29, 0.717) is 30.7 Å². The van der Waals surface area contributed by atoms with Crippen LogP contribution in [-0.4, -0.2) is 62.7 Å². The number of carbonyl (C=O) groups excluding carboxylic acids is 3. The number of hydrogen-bond acceptors (Lipinski definition) is 6. The van der Waals surface area contributed by atoms with Gasteiger partial charge in [0.1, 0.15) is 11.8 Å². The molecule has 0 aromatic heterocycles. The molecular formula is C25H32N4O6S. The van der Waals surface area contributed by atoms with E-state index in [1.807, 2.05) is 12.1 Å². The predicted octanol–water partition coefficient (Wildman–Crippen LogP) is 1.67. The van der Waals surface area contributed by atoms with Gasteiger partial charge < -0.3 is 20.7 Å². The second-order valence-corrected chi connectivity index (χ2v) is 10.6. The predicted molar refractivity (Wildman–Crippen MR) is 135 cm³/mol. The Hall–Kier alpha value is -3.44. The minimum Gasteiger partial charge on any atom is -0.497 e. The molecule has 3 amide bonds. The molecule has 0 saturated carbocycles. The van der Waals surface area contributed by atoms with E-state index in [2.05, 4.69) is 16.0 Å². The van der Waals surface area contributed by atoms with Crippen LogP contribution in [0.3, 0.4) is 0 Å². The zero-order valence-electron chi connectivity index (χ0n) is 20.6. The Balaban J connectivity index is 1.58. The number of methoxy groups -OCH3 is 1. The van der Waals surface area contributed by atoms with Crippen LogP contribution in [0.25, 0.3) is 0 Å². The standard InChI is InChI=1S/C25H32N4O6S/c1-17(30)26-20-6-10-23(11-7-20)36(33,34)29-14-12-21(13-15-29)28-25(32)24(27-18(2)31)16-19-4-8-22(35-3)9-5-19/h4-11,21,24H,12-16H2,1-3H3,(H,26,30)(H,27,31)(H,28,32)/t24-/m1/s1. The highest BCUT2D eigenvalue weighted by Gasteiger charge is 2.31. The largest absolute Gasteiger partial charge is 0.497 e. The summed E-state index contributed by atoms with van der Waals surface area (Å²) >= 11 is 0. The van der Waals surface area contributed by atoms with Crippen LogP contribution in [-0.2, 0) is 30.8 Å². The molecule has 10 nitrogen and oxygen atoms in total. The maximum absolute atomic E-state index is 13.0. The normalized spacial score (nSPS) is 15.5. The summed E-state index contributed by atoms with van der Waals surface area (Å²) in [5.74, 6) is -0.158. The van der Waals surface area contributed by atoms with E-state index in [4.69, 9.17) is 4.74 Å². The van der Waals surface area contributed by atoms with Crippen LogP contribution in [0.15, 0.2) is 53.4 Å². The fourth-order valence-electron chi connectivity index (χ4n) is 4.06. The van der Waals surface area contributed by atoms with Gasteiger partial charge in [0.15, 0.2) is 0 Å². The van der Waals surface area contributed by atoms with E-state index in [0.717, 1.165) is 5.56 Å². The molecule has 2 aromatic carbocycles. The highest BCUT2D eigenvalue weighted by molar-refractivity contribution is 7.89. The zero-order valence-corrected chi connectivity index (χ0v) is 21.4. The van der Waals surface area contributed by atoms with Crippen molar-refractivity contribution in [1.29, 1.82) is 0 Å². The van der Waals surface area contributed by atoms with Gasteiger partial charge in [-0.2, -0.15) is 4.31 Å². The van der Waals surface area contributed by atoms with E-state index in [-0.39, 0.29) is 41.7 Å². The van der Waals surface area contributed by atoms with Gasteiger partial charge in [-0.1, -0.05) is 12.1 Å². The van der Waals surface area contributed by atoms with Gasteiger partial charge in [0, 0.05) is 45.1 Å². The molecule has 1 fully saturated rings. The lowest BCUT2D eigenvalue weighted by atomic mass is 10.0. The van der Waals surface area contributed by atoms with Gasteiger partial charge in [0.25, 0.3) is 0 Å². The highest BCUT2D eigenvalue weighted by atomic mass is 32.2. The molecule has 0 aliphatic carbocycles. The van der Waals surface area contributed by atoms with Crippen LogP contribution < -0.4 is 20.7 Å². The summed E-state index contributed by atoms with van der Waals surface area (Å²) in [7, 11) is -2.12. The van der Waals surface area contributed by atoms with Crippen molar-refractivity contribution in [3.8, 4) is 5.75 Å². The Labute approximate surface area is 211 Å². The lowest BCUT2D eigenvalue weighted by molar-refractivity contribution is -0.128. The van der Waals surface area contributed by atoms with Crippen LogP contribution in [0.4, 0.5) is 5.69 Å². The average molecular weight is 517 g/mol. The lowest BCUT2D eigenvalue weighted by Gasteiger charge is -2.32. The van der Waals surface area contributed by atoms with Gasteiger partial charge in [0.2, 0.25) is 27.7 Å². The van der Waals surface area contributed by atoms with E-state index in [1.54, 1.807) is 31.4 Å². The molecule has 1 atom stereocenters. The molecule has 0 spiro atoms. The Morgan fingerprint density at radius 3 is 2.11 bits per heavy atom. The molecule has 1 aliphatic rings. The van der Waals surface area contributed by atoms with Crippen molar-refractivity contribution >= 4 is 33.4 Å². The molecular weight excluding hydrogens is 484 g/mol. The molecule has 1 aliphatic heterocycles. The Kier molecular flexibility index (Phi) is 9.05. The molecule has 3 rings (SSSR count). The number of hydrogen-bond donors (Lipinski definition) is 3. The number of rotatable bonds is 9. The number of piperidine rings is 1. The van der Waals surface area contributed by atoms with Crippen LogP contribution in [0, 0.1) is 0 Å².